The van der Waals surface area contributed by atoms with Gasteiger partial charge < -0.3 is 19.9 Å². The molecule has 0 amide bonds. The Balaban J connectivity index is 1.77. The summed E-state index contributed by atoms with van der Waals surface area (Å²) in [4.78, 5) is 11.1. The number of carboxylic acid groups (broad SMARTS) is 1. The van der Waals surface area contributed by atoms with Crippen molar-refractivity contribution in [2.45, 2.75) is 18.4 Å². The van der Waals surface area contributed by atoms with E-state index < -0.39 is 5.97 Å². The number of fused-ring (bicyclic) bond motifs is 3. The third kappa shape index (κ3) is 2.60. The van der Waals surface area contributed by atoms with Gasteiger partial charge >= 0.3 is 5.97 Å². The third-order valence-corrected chi connectivity index (χ3v) is 5.38. The van der Waals surface area contributed by atoms with Crippen molar-refractivity contribution in [1.29, 1.82) is 0 Å². The van der Waals surface area contributed by atoms with Gasteiger partial charge in [-0.25, -0.2) is 4.79 Å². The number of benzene rings is 2. The number of carboxylic acids is 1. The Labute approximate surface area is 152 Å². The Bertz CT molecular complexity index is 872. The van der Waals surface area contributed by atoms with Gasteiger partial charge in [0.2, 0.25) is 0 Å². The van der Waals surface area contributed by atoms with Crippen molar-refractivity contribution in [1.82, 2.24) is 0 Å². The quantitative estimate of drug-likeness (QED) is 0.807. The number of nitrogens with one attached hydrogen (secondary N) is 1. The van der Waals surface area contributed by atoms with Crippen LogP contribution < -0.4 is 14.8 Å². The topological polar surface area (TPSA) is 67.8 Å². The highest BCUT2D eigenvalue weighted by Gasteiger charge is 2.39. The molecule has 5 heteroatoms. The summed E-state index contributed by atoms with van der Waals surface area (Å²) in [5.41, 5.74) is 3.54. The van der Waals surface area contributed by atoms with Crippen LogP contribution in [-0.4, -0.2) is 25.3 Å². The van der Waals surface area contributed by atoms with Crippen molar-refractivity contribution in [2.24, 2.45) is 5.92 Å². The monoisotopic (exact) mass is 351 g/mol. The van der Waals surface area contributed by atoms with Crippen molar-refractivity contribution < 1.29 is 19.4 Å². The minimum absolute atomic E-state index is 0.0904. The molecule has 0 fully saturated rings. The van der Waals surface area contributed by atoms with Crippen LogP contribution in [0.3, 0.4) is 0 Å². The van der Waals surface area contributed by atoms with Gasteiger partial charge in [0, 0.05) is 12.0 Å². The summed E-state index contributed by atoms with van der Waals surface area (Å²) >= 11 is 0. The summed E-state index contributed by atoms with van der Waals surface area (Å²) in [6, 6.07) is 11.2. The molecule has 2 aromatic carbocycles. The van der Waals surface area contributed by atoms with E-state index in [2.05, 4.69) is 23.5 Å². The number of methoxy groups -OCH3 is 2. The molecule has 0 aromatic heterocycles. The molecule has 134 valence electrons. The molecule has 2 aliphatic rings. The van der Waals surface area contributed by atoms with E-state index in [4.69, 9.17) is 14.6 Å². The van der Waals surface area contributed by atoms with Crippen LogP contribution in [0.5, 0.6) is 11.5 Å². The van der Waals surface area contributed by atoms with E-state index in [-0.39, 0.29) is 12.0 Å². The van der Waals surface area contributed by atoms with E-state index in [1.807, 2.05) is 18.2 Å². The average molecular weight is 351 g/mol. The molecular formula is C21H21NO4. The van der Waals surface area contributed by atoms with Crippen LogP contribution >= 0.6 is 0 Å². The summed E-state index contributed by atoms with van der Waals surface area (Å²) < 4.78 is 11.0. The first-order chi connectivity index (χ1) is 12.6. The van der Waals surface area contributed by atoms with Gasteiger partial charge in [-0.05, 0) is 41.7 Å². The van der Waals surface area contributed by atoms with Crippen LogP contribution in [0.25, 0.3) is 0 Å². The van der Waals surface area contributed by atoms with Gasteiger partial charge in [0.15, 0.2) is 0 Å². The lowest BCUT2D eigenvalue weighted by Crippen LogP contribution is -2.29. The Morgan fingerprint density at radius 2 is 1.92 bits per heavy atom. The number of hydrogen-bond donors (Lipinski definition) is 2. The number of carbonyl (C=O) groups is 1. The summed E-state index contributed by atoms with van der Waals surface area (Å²) in [5, 5.41) is 12.8. The Hall–Kier alpha value is -2.95. The highest BCUT2D eigenvalue weighted by molar-refractivity contribution is 5.87. The molecule has 0 saturated heterocycles. The maximum Gasteiger partial charge on any atom is 0.335 e. The molecule has 1 aliphatic heterocycles. The first-order valence-corrected chi connectivity index (χ1v) is 8.64. The Morgan fingerprint density at radius 1 is 1.15 bits per heavy atom. The predicted octanol–water partition coefficient (Wildman–Crippen LogP) is 4.23. The molecule has 2 N–H and O–H groups in total. The molecule has 1 heterocycles. The largest absolute Gasteiger partial charge is 0.497 e. The number of hydrogen-bond acceptors (Lipinski definition) is 4. The lowest BCUT2D eigenvalue weighted by molar-refractivity contribution is 0.0697. The van der Waals surface area contributed by atoms with Gasteiger partial charge in [0.05, 0.1) is 31.5 Å². The van der Waals surface area contributed by atoms with Crippen LogP contribution in [-0.2, 0) is 0 Å². The van der Waals surface area contributed by atoms with Crippen molar-refractivity contribution in [3.63, 3.8) is 0 Å². The van der Waals surface area contributed by atoms with Crippen LogP contribution in [0.1, 0.15) is 39.9 Å². The molecule has 0 bridgehead atoms. The molecule has 1 aliphatic carbocycles. The fraction of sp³-hybridized carbons (Fsp3) is 0.286. The van der Waals surface area contributed by atoms with Crippen molar-refractivity contribution >= 4 is 11.7 Å². The van der Waals surface area contributed by atoms with Gasteiger partial charge in [-0.1, -0.05) is 24.3 Å². The van der Waals surface area contributed by atoms with Crippen LogP contribution in [0.15, 0.2) is 48.6 Å². The van der Waals surface area contributed by atoms with E-state index in [9.17, 15) is 4.79 Å². The van der Waals surface area contributed by atoms with Crippen molar-refractivity contribution in [2.75, 3.05) is 19.5 Å². The third-order valence-electron chi connectivity index (χ3n) is 5.38. The molecule has 26 heavy (non-hydrogen) atoms. The first kappa shape index (κ1) is 16.5. The second-order valence-corrected chi connectivity index (χ2v) is 6.70. The number of rotatable bonds is 4. The molecule has 0 spiro atoms. The number of anilines is 1. The second kappa shape index (κ2) is 6.41. The zero-order valence-electron chi connectivity index (χ0n) is 14.7. The van der Waals surface area contributed by atoms with Gasteiger partial charge in [-0.3, -0.25) is 0 Å². The van der Waals surface area contributed by atoms with E-state index in [1.165, 1.54) is 5.56 Å². The van der Waals surface area contributed by atoms with Gasteiger partial charge in [-0.15, -0.1) is 0 Å². The summed E-state index contributed by atoms with van der Waals surface area (Å²) in [5.74, 6) is 1.28. The molecule has 4 rings (SSSR count). The number of aromatic carboxylic acids is 1. The molecule has 0 radical (unpaired) electrons. The van der Waals surface area contributed by atoms with Crippen LogP contribution in [0.2, 0.25) is 0 Å². The number of ether oxygens (including phenoxy) is 2. The fourth-order valence-electron chi connectivity index (χ4n) is 4.08. The maximum absolute atomic E-state index is 11.1. The van der Waals surface area contributed by atoms with E-state index in [0.29, 0.717) is 11.5 Å². The zero-order valence-corrected chi connectivity index (χ0v) is 14.7. The normalized spacial score (nSPS) is 22.9. The zero-order chi connectivity index (χ0) is 18.3. The molecule has 3 atom stereocenters. The van der Waals surface area contributed by atoms with Crippen LogP contribution in [0.4, 0.5) is 5.69 Å². The highest BCUT2D eigenvalue weighted by Crippen LogP contribution is 2.53. The molecular weight excluding hydrogens is 330 g/mol. The fourth-order valence-corrected chi connectivity index (χ4v) is 4.08. The standard InChI is InChI=1S/C21H21NO4/c1-25-14-10-17-15-4-3-5-16(15)19(22-20(17)18(11-14)26-2)12-6-8-13(9-7-12)21(23)24/h3-4,6-11,15-16,19,22H,5H2,1-2H3,(H,23,24). The number of allylic oxidation sites excluding steroid dienone is 2. The minimum Gasteiger partial charge on any atom is -0.497 e. The lowest BCUT2D eigenvalue weighted by atomic mass is 9.76. The smallest absolute Gasteiger partial charge is 0.335 e. The van der Waals surface area contributed by atoms with Gasteiger partial charge in [0.1, 0.15) is 11.5 Å². The molecule has 5 nitrogen and oxygen atoms in total. The summed E-state index contributed by atoms with van der Waals surface area (Å²) in [6.45, 7) is 0. The first-order valence-electron chi connectivity index (χ1n) is 8.64. The van der Waals surface area contributed by atoms with Gasteiger partial charge in [-0.2, -0.15) is 0 Å². The van der Waals surface area contributed by atoms with E-state index in [1.54, 1.807) is 26.4 Å². The predicted molar refractivity (Wildman–Crippen MR) is 99.3 cm³/mol. The van der Waals surface area contributed by atoms with Gasteiger partial charge in [0.25, 0.3) is 0 Å². The Morgan fingerprint density at radius 3 is 2.58 bits per heavy atom. The molecule has 2 aromatic rings. The molecule has 3 unspecified atom stereocenters. The van der Waals surface area contributed by atoms with E-state index in [0.717, 1.165) is 29.2 Å². The average Bonchev–Trinajstić information content (AvgIpc) is 3.16. The molecule has 0 saturated carbocycles. The van der Waals surface area contributed by atoms with E-state index >= 15 is 0 Å². The Kier molecular flexibility index (Phi) is 4.07. The van der Waals surface area contributed by atoms with Crippen LogP contribution in [0, 0.1) is 5.92 Å². The van der Waals surface area contributed by atoms with Crippen molar-refractivity contribution in [3.8, 4) is 11.5 Å². The summed E-state index contributed by atoms with van der Waals surface area (Å²) in [6.07, 6.45) is 5.44. The summed E-state index contributed by atoms with van der Waals surface area (Å²) in [7, 11) is 3.32. The SMILES string of the molecule is COc1cc(OC)c2c(c1)C1C=CCC1C(c1ccc(C(=O)O)cc1)N2. The second-order valence-electron chi connectivity index (χ2n) is 6.70. The lowest BCUT2D eigenvalue weighted by Gasteiger charge is -2.38. The van der Waals surface area contributed by atoms with Crippen molar-refractivity contribution in [3.05, 3.63) is 65.2 Å². The minimum atomic E-state index is -0.910. The highest BCUT2D eigenvalue weighted by atomic mass is 16.5. The maximum atomic E-state index is 11.1.